The van der Waals surface area contributed by atoms with Gasteiger partial charge in [0.05, 0.1) is 10.6 Å². The minimum atomic E-state index is -0.859. The molecule has 1 heterocycles. The van der Waals surface area contributed by atoms with Crippen LogP contribution < -0.4 is 0 Å². The van der Waals surface area contributed by atoms with Crippen LogP contribution in [0.4, 0.5) is 0 Å². The van der Waals surface area contributed by atoms with Gasteiger partial charge in [0, 0.05) is 29.9 Å². The van der Waals surface area contributed by atoms with Crippen molar-refractivity contribution in [3.8, 4) is 0 Å². The molecule has 29 heavy (non-hydrogen) atoms. The molecule has 0 amide bonds. The Morgan fingerprint density at radius 1 is 0.966 bits per heavy atom. The summed E-state index contributed by atoms with van der Waals surface area (Å²) < 4.78 is 0. The van der Waals surface area contributed by atoms with Crippen LogP contribution in [0, 0.1) is 5.41 Å². The van der Waals surface area contributed by atoms with Gasteiger partial charge in [0.1, 0.15) is 5.84 Å². The van der Waals surface area contributed by atoms with Gasteiger partial charge in [-0.05, 0) is 41.5 Å². The number of hydrogen-bond donors (Lipinski definition) is 2. The van der Waals surface area contributed by atoms with Gasteiger partial charge in [-0.1, -0.05) is 71.7 Å². The first-order valence-electron chi connectivity index (χ1n) is 9.43. The summed E-state index contributed by atoms with van der Waals surface area (Å²) in [7, 11) is 0. The van der Waals surface area contributed by atoms with Crippen LogP contribution in [0.1, 0.15) is 24.0 Å². The number of rotatable bonds is 3. The van der Waals surface area contributed by atoms with E-state index in [1.165, 1.54) is 0 Å². The average Bonchev–Trinajstić information content (AvgIpc) is 2.71. The fourth-order valence-electron chi connectivity index (χ4n) is 3.90. The van der Waals surface area contributed by atoms with Gasteiger partial charge < -0.3 is 10.0 Å². The van der Waals surface area contributed by atoms with Crippen LogP contribution in [0.3, 0.4) is 0 Å². The Kier molecular flexibility index (Phi) is 6.75. The van der Waals surface area contributed by atoms with Gasteiger partial charge >= 0.3 is 0 Å². The number of hydrogen-bond acceptors (Lipinski definition) is 2. The molecule has 152 valence electrons. The number of amidine groups is 1. The first kappa shape index (κ1) is 21.9. The van der Waals surface area contributed by atoms with Gasteiger partial charge in [0.25, 0.3) is 0 Å². The molecule has 1 aliphatic heterocycles. The lowest BCUT2D eigenvalue weighted by molar-refractivity contribution is -0.0125. The summed E-state index contributed by atoms with van der Waals surface area (Å²) in [4.78, 5) is 2.04. The number of nitrogens with zero attached hydrogens (tertiary/aromatic N) is 1. The van der Waals surface area contributed by atoms with E-state index in [-0.39, 0.29) is 12.4 Å². The number of piperidine rings is 1. The normalized spacial score (nSPS) is 15.8. The summed E-state index contributed by atoms with van der Waals surface area (Å²) in [6.07, 6.45) is 1.66. The number of nitrogens with one attached hydrogen (secondary N) is 1. The summed E-state index contributed by atoms with van der Waals surface area (Å²) >= 11 is 12.6. The maximum atomic E-state index is 11.0. The minimum Gasteiger partial charge on any atom is -0.385 e. The Hall–Kier alpha value is -1.78. The topological polar surface area (TPSA) is 47.3 Å². The molecule has 2 N–H and O–H groups in total. The van der Waals surface area contributed by atoms with Gasteiger partial charge in [-0.3, -0.25) is 5.41 Å². The minimum absolute atomic E-state index is 0. The number of benzene rings is 3. The number of fused-ring (bicyclic) bond motifs is 1. The first-order chi connectivity index (χ1) is 13.5. The molecule has 0 radical (unpaired) electrons. The molecule has 1 fully saturated rings. The summed E-state index contributed by atoms with van der Waals surface area (Å²) in [5.74, 6) is 0.537. The lowest BCUT2D eigenvalue weighted by atomic mass is 9.84. The molecule has 4 rings (SSSR count). The van der Waals surface area contributed by atoms with Crippen molar-refractivity contribution in [2.45, 2.75) is 24.9 Å². The fourth-order valence-corrected chi connectivity index (χ4v) is 4.33. The third kappa shape index (κ3) is 4.54. The second kappa shape index (κ2) is 8.93. The van der Waals surface area contributed by atoms with E-state index in [9.17, 15) is 5.11 Å². The SMILES string of the molecule is Cl.N=C(Cc1ccc2ccccc2c1Cl)N1CCC(O)(c2ccc(Cl)cc2)CC1. The molecule has 0 aliphatic carbocycles. The highest BCUT2D eigenvalue weighted by molar-refractivity contribution is 6.36. The molecular formula is C23H23Cl3N2O. The molecule has 0 atom stereocenters. The van der Waals surface area contributed by atoms with E-state index in [1.807, 2.05) is 59.5 Å². The highest BCUT2D eigenvalue weighted by Crippen LogP contribution is 2.34. The van der Waals surface area contributed by atoms with Crippen LogP contribution in [0.2, 0.25) is 10.0 Å². The van der Waals surface area contributed by atoms with E-state index >= 15 is 0 Å². The predicted octanol–water partition coefficient (Wildman–Crippen LogP) is 6.07. The van der Waals surface area contributed by atoms with Crippen molar-refractivity contribution in [2.24, 2.45) is 0 Å². The Labute approximate surface area is 187 Å². The molecule has 3 aromatic rings. The zero-order valence-corrected chi connectivity index (χ0v) is 18.2. The summed E-state index contributed by atoms with van der Waals surface area (Å²) in [5.41, 5.74) is 0.992. The summed E-state index contributed by atoms with van der Waals surface area (Å²) in [6.45, 7) is 1.28. The highest BCUT2D eigenvalue weighted by atomic mass is 35.5. The standard InChI is InChI=1S/C23H22Cl2N2O.ClH/c24-19-9-7-18(8-10-19)23(28)11-13-27(14-12-23)21(26)15-17-6-5-16-3-1-2-4-20(16)22(17)25;/h1-10,26,28H,11-15H2;1H. The molecule has 0 unspecified atom stereocenters. The van der Waals surface area contributed by atoms with Crippen LogP contribution in [0.15, 0.2) is 60.7 Å². The van der Waals surface area contributed by atoms with E-state index in [0.717, 1.165) is 26.9 Å². The zero-order chi connectivity index (χ0) is 19.7. The van der Waals surface area contributed by atoms with Crippen molar-refractivity contribution in [3.05, 3.63) is 81.8 Å². The Morgan fingerprint density at radius 2 is 1.62 bits per heavy atom. The van der Waals surface area contributed by atoms with Crippen molar-refractivity contribution in [2.75, 3.05) is 13.1 Å². The monoisotopic (exact) mass is 448 g/mol. The van der Waals surface area contributed by atoms with Gasteiger partial charge in [0.2, 0.25) is 0 Å². The van der Waals surface area contributed by atoms with Gasteiger partial charge in [-0.2, -0.15) is 0 Å². The van der Waals surface area contributed by atoms with Gasteiger partial charge in [-0.15, -0.1) is 12.4 Å². The van der Waals surface area contributed by atoms with Crippen LogP contribution >= 0.6 is 35.6 Å². The van der Waals surface area contributed by atoms with E-state index in [0.29, 0.717) is 43.2 Å². The molecule has 3 aromatic carbocycles. The fraction of sp³-hybridized carbons (Fsp3) is 0.261. The number of aliphatic hydroxyl groups is 1. The quantitative estimate of drug-likeness (QED) is 0.376. The van der Waals surface area contributed by atoms with Gasteiger partial charge in [0.15, 0.2) is 0 Å². The van der Waals surface area contributed by atoms with Crippen LogP contribution in [0.5, 0.6) is 0 Å². The van der Waals surface area contributed by atoms with Crippen LogP contribution in [-0.2, 0) is 12.0 Å². The predicted molar refractivity (Wildman–Crippen MR) is 124 cm³/mol. The highest BCUT2D eigenvalue weighted by Gasteiger charge is 2.34. The smallest absolute Gasteiger partial charge is 0.100 e. The molecule has 0 saturated carbocycles. The van der Waals surface area contributed by atoms with Gasteiger partial charge in [-0.25, -0.2) is 0 Å². The van der Waals surface area contributed by atoms with E-state index < -0.39 is 5.60 Å². The molecule has 1 aliphatic rings. The Balaban J connectivity index is 0.00000240. The number of likely N-dealkylation sites (tertiary alicyclic amines) is 1. The third-order valence-electron chi connectivity index (χ3n) is 5.66. The van der Waals surface area contributed by atoms with E-state index in [1.54, 1.807) is 0 Å². The van der Waals surface area contributed by atoms with Crippen molar-refractivity contribution in [1.29, 1.82) is 5.41 Å². The summed E-state index contributed by atoms with van der Waals surface area (Å²) in [6, 6.07) is 19.5. The largest absolute Gasteiger partial charge is 0.385 e. The summed E-state index contributed by atoms with van der Waals surface area (Å²) in [5, 5.41) is 23.1. The molecule has 1 saturated heterocycles. The van der Waals surface area contributed by atoms with Crippen LogP contribution in [0.25, 0.3) is 10.8 Å². The second-order valence-electron chi connectivity index (χ2n) is 7.41. The molecular weight excluding hydrogens is 427 g/mol. The lowest BCUT2D eigenvalue weighted by Crippen LogP contribution is -2.45. The van der Waals surface area contributed by atoms with Crippen molar-refractivity contribution in [3.63, 3.8) is 0 Å². The molecule has 6 heteroatoms. The maximum Gasteiger partial charge on any atom is 0.100 e. The molecule has 0 aromatic heterocycles. The van der Waals surface area contributed by atoms with Crippen LogP contribution in [-0.4, -0.2) is 28.9 Å². The maximum absolute atomic E-state index is 11.0. The second-order valence-corrected chi connectivity index (χ2v) is 8.22. The lowest BCUT2D eigenvalue weighted by Gasteiger charge is -2.39. The van der Waals surface area contributed by atoms with E-state index in [4.69, 9.17) is 28.6 Å². The average molecular weight is 450 g/mol. The third-order valence-corrected chi connectivity index (χ3v) is 6.35. The Morgan fingerprint density at radius 3 is 2.31 bits per heavy atom. The number of halogens is 3. The van der Waals surface area contributed by atoms with Crippen molar-refractivity contribution < 1.29 is 5.11 Å². The molecule has 3 nitrogen and oxygen atoms in total. The zero-order valence-electron chi connectivity index (χ0n) is 15.9. The van der Waals surface area contributed by atoms with E-state index in [2.05, 4.69) is 6.07 Å². The molecule has 0 spiro atoms. The Bertz CT molecular complexity index is 1010. The van der Waals surface area contributed by atoms with Crippen molar-refractivity contribution >= 4 is 52.2 Å². The first-order valence-corrected chi connectivity index (χ1v) is 10.2. The molecule has 0 bridgehead atoms. The van der Waals surface area contributed by atoms with Crippen molar-refractivity contribution in [1.82, 2.24) is 4.90 Å².